The summed E-state index contributed by atoms with van der Waals surface area (Å²) in [5.74, 6) is 1.47. The van der Waals surface area contributed by atoms with Crippen LogP contribution in [0.3, 0.4) is 0 Å². The van der Waals surface area contributed by atoms with Gasteiger partial charge in [-0.2, -0.15) is 0 Å². The van der Waals surface area contributed by atoms with Crippen LogP contribution in [0.5, 0.6) is 0 Å². The van der Waals surface area contributed by atoms with E-state index in [9.17, 15) is 4.79 Å². The second-order valence-corrected chi connectivity index (χ2v) is 9.07. The Hall–Kier alpha value is -0.0900. The van der Waals surface area contributed by atoms with Crippen LogP contribution >= 0.6 is 15.9 Å². The summed E-state index contributed by atoms with van der Waals surface area (Å²) in [5, 5.41) is 0. The number of hydrogen-bond acceptors (Lipinski definition) is 3. The van der Waals surface area contributed by atoms with E-state index in [4.69, 9.17) is 9.47 Å². The average molecular weight is 329 g/mol. The molecule has 0 aromatic carbocycles. The molecular weight excluding hydrogens is 308 g/mol. The predicted octanol–water partition coefficient (Wildman–Crippen LogP) is 3.60. The first-order valence-electron chi connectivity index (χ1n) is 7.44. The number of alkyl halides is 1. The standard InChI is InChI=1S/C15H21BrO3/c1-13(16)12(17)18-14(2,19-13)15-6-9-3-10(7-15)5-11(4-9)8-15/h9-11H,3-8H2,1-2H3. The molecule has 4 aliphatic carbocycles. The molecule has 106 valence electrons. The van der Waals surface area contributed by atoms with Crippen molar-refractivity contribution in [1.29, 1.82) is 0 Å². The van der Waals surface area contributed by atoms with Crippen molar-refractivity contribution in [2.45, 2.75) is 62.7 Å². The Bertz CT molecular complexity index is 409. The summed E-state index contributed by atoms with van der Waals surface area (Å²) in [6, 6.07) is 0. The molecule has 5 fully saturated rings. The smallest absolute Gasteiger partial charge is 0.352 e. The third kappa shape index (κ3) is 1.62. The molecule has 0 aromatic heterocycles. The lowest BCUT2D eigenvalue weighted by Gasteiger charge is -2.60. The van der Waals surface area contributed by atoms with Crippen LogP contribution in [0.1, 0.15) is 52.4 Å². The number of rotatable bonds is 1. The van der Waals surface area contributed by atoms with Gasteiger partial charge in [-0.15, -0.1) is 0 Å². The van der Waals surface area contributed by atoms with Crippen LogP contribution in [0.25, 0.3) is 0 Å². The Morgan fingerprint density at radius 1 is 1.05 bits per heavy atom. The zero-order valence-corrected chi connectivity index (χ0v) is 13.2. The molecule has 3 nitrogen and oxygen atoms in total. The lowest BCUT2D eigenvalue weighted by atomic mass is 9.47. The SMILES string of the molecule is CC1(Br)OC(C)(C23CC4CC(CC(C4)C2)C3)OC1=O. The third-order valence-electron chi connectivity index (χ3n) is 6.04. The van der Waals surface area contributed by atoms with E-state index in [1.165, 1.54) is 38.5 Å². The van der Waals surface area contributed by atoms with E-state index in [0.29, 0.717) is 0 Å². The molecule has 0 N–H and O–H groups in total. The van der Waals surface area contributed by atoms with E-state index >= 15 is 0 Å². The van der Waals surface area contributed by atoms with Crippen molar-refractivity contribution in [3.8, 4) is 0 Å². The highest BCUT2D eigenvalue weighted by Gasteiger charge is 2.66. The summed E-state index contributed by atoms with van der Waals surface area (Å²) in [6.45, 7) is 3.74. The first kappa shape index (κ1) is 12.6. The van der Waals surface area contributed by atoms with Gasteiger partial charge in [-0.3, -0.25) is 0 Å². The van der Waals surface area contributed by atoms with Gasteiger partial charge < -0.3 is 9.47 Å². The van der Waals surface area contributed by atoms with Gasteiger partial charge in [0, 0.05) is 12.3 Å². The van der Waals surface area contributed by atoms with Gasteiger partial charge in [0.05, 0.1) is 0 Å². The number of hydrogen-bond donors (Lipinski definition) is 0. The molecular formula is C15H21BrO3. The normalized spacial score (nSPS) is 59.5. The van der Waals surface area contributed by atoms with Crippen molar-refractivity contribution in [2.24, 2.45) is 23.2 Å². The highest BCUT2D eigenvalue weighted by Crippen LogP contribution is 2.66. The first-order valence-corrected chi connectivity index (χ1v) is 8.24. The number of carbonyl (C=O) groups excluding carboxylic acids is 1. The zero-order valence-electron chi connectivity index (χ0n) is 11.6. The van der Waals surface area contributed by atoms with Gasteiger partial charge in [0.25, 0.3) is 0 Å². The Labute approximate surface area is 122 Å². The third-order valence-corrected chi connectivity index (χ3v) is 6.53. The summed E-state index contributed by atoms with van der Waals surface area (Å²) >= 11 is 3.37. The molecule has 4 saturated carbocycles. The number of cyclic esters (lactones) is 1. The summed E-state index contributed by atoms with van der Waals surface area (Å²) in [5.41, 5.74) is 0.0585. The Morgan fingerprint density at radius 2 is 1.53 bits per heavy atom. The molecule has 19 heavy (non-hydrogen) atoms. The van der Waals surface area contributed by atoms with Crippen LogP contribution in [-0.2, 0) is 14.3 Å². The Balaban J connectivity index is 1.70. The number of halogens is 1. The molecule has 2 unspecified atom stereocenters. The van der Waals surface area contributed by atoms with Crippen molar-refractivity contribution in [3.63, 3.8) is 0 Å². The largest absolute Gasteiger partial charge is 0.430 e. The fourth-order valence-corrected chi connectivity index (χ4v) is 5.97. The lowest BCUT2D eigenvalue weighted by Crippen LogP contribution is -2.58. The minimum Gasteiger partial charge on any atom is -0.430 e. The minimum absolute atomic E-state index is 0.0585. The topological polar surface area (TPSA) is 35.5 Å². The second-order valence-electron chi connectivity index (χ2n) is 7.55. The predicted molar refractivity (Wildman–Crippen MR) is 73.5 cm³/mol. The molecule has 2 atom stereocenters. The molecule has 1 aliphatic heterocycles. The fourth-order valence-electron chi connectivity index (χ4n) is 5.58. The van der Waals surface area contributed by atoms with Gasteiger partial charge in [0.1, 0.15) is 0 Å². The van der Waals surface area contributed by atoms with E-state index < -0.39 is 10.3 Å². The minimum atomic E-state index is -0.967. The van der Waals surface area contributed by atoms with E-state index in [0.717, 1.165) is 17.8 Å². The van der Waals surface area contributed by atoms with Crippen molar-refractivity contribution >= 4 is 21.9 Å². The van der Waals surface area contributed by atoms with E-state index in [2.05, 4.69) is 15.9 Å². The van der Waals surface area contributed by atoms with Crippen molar-refractivity contribution in [3.05, 3.63) is 0 Å². The second kappa shape index (κ2) is 3.56. The summed E-state index contributed by atoms with van der Waals surface area (Å²) in [4.78, 5) is 12.0. The molecule has 1 saturated heterocycles. The highest BCUT2D eigenvalue weighted by atomic mass is 79.9. The Kier molecular flexibility index (Phi) is 2.37. The van der Waals surface area contributed by atoms with E-state index in [1.807, 2.05) is 6.92 Å². The fraction of sp³-hybridized carbons (Fsp3) is 0.933. The maximum atomic E-state index is 12.0. The maximum absolute atomic E-state index is 12.0. The molecule has 4 heteroatoms. The summed E-state index contributed by atoms with van der Waals surface area (Å²) < 4.78 is 10.9. The van der Waals surface area contributed by atoms with Crippen LogP contribution in [-0.4, -0.2) is 16.3 Å². The van der Waals surface area contributed by atoms with Crippen molar-refractivity contribution in [1.82, 2.24) is 0 Å². The van der Waals surface area contributed by atoms with Gasteiger partial charge in [-0.05, 0) is 79.1 Å². The number of ether oxygens (including phenoxy) is 2. The monoisotopic (exact) mass is 328 g/mol. The highest BCUT2D eigenvalue weighted by molar-refractivity contribution is 9.10. The lowest BCUT2D eigenvalue weighted by molar-refractivity contribution is -0.275. The van der Waals surface area contributed by atoms with E-state index in [1.54, 1.807) is 6.92 Å². The van der Waals surface area contributed by atoms with Crippen LogP contribution in [0.2, 0.25) is 0 Å². The van der Waals surface area contributed by atoms with E-state index in [-0.39, 0.29) is 11.4 Å². The first-order chi connectivity index (χ1) is 8.82. The van der Waals surface area contributed by atoms with Crippen LogP contribution < -0.4 is 0 Å². The molecule has 4 bridgehead atoms. The molecule has 1 heterocycles. The van der Waals surface area contributed by atoms with Gasteiger partial charge in [0.15, 0.2) is 0 Å². The Morgan fingerprint density at radius 3 is 1.89 bits per heavy atom. The maximum Gasteiger partial charge on any atom is 0.352 e. The molecule has 0 amide bonds. The number of carbonyl (C=O) groups is 1. The van der Waals surface area contributed by atoms with Crippen LogP contribution in [0.15, 0.2) is 0 Å². The quantitative estimate of drug-likeness (QED) is 0.545. The molecule has 0 radical (unpaired) electrons. The molecule has 0 spiro atoms. The zero-order chi connectivity index (χ0) is 13.5. The van der Waals surface area contributed by atoms with Gasteiger partial charge in [-0.1, -0.05) is 0 Å². The molecule has 0 aromatic rings. The van der Waals surface area contributed by atoms with Gasteiger partial charge in [-0.25, -0.2) is 4.79 Å². The molecule has 5 aliphatic rings. The van der Waals surface area contributed by atoms with Gasteiger partial charge in [0.2, 0.25) is 10.3 Å². The van der Waals surface area contributed by atoms with Crippen LogP contribution in [0.4, 0.5) is 0 Å². The molecule has 5 rings (SSSR count). The van der Waals surface area contributed by atoms with Crippen LogP contribution in [0, 0.1) is 23.2 Å². The van der Waals surface area contributed by atoms with Crippen molar-refractivity contribution in [2.75, 3.05) is 0 Å². The number of esters is 1. The summed E-state index contributed by atoms with van der Waals surface area (Å²) in [6.07, 6.45) is 7.67. The average Bonchev–Trinajstić information content (AvgIpc) is 2.46. The van der Waals surface area contributed by atoms with Gasteiger partial charge >= 0.3 is 5.97 Å². The summed E-state index contributed by atoms with van der Waals surface area (Å²) in [7, 11) is 0. The van der Waals surface area contributed by atoms with Crippen molar-refractivity contribution < 1.29 is 14.3 Å².